The topological polar surface area (TPSA) is 19.7 Å². The van der Waals surface area contributed by atoms with Gasteiger partial charge in [-0.3, -0.25) is 0 Å². The summed E-state index contributed by atoms with van der Waals surface area (Å²) in [5.41, 5.74) is 0. The number of aromatic nitrogens is 2. The maximum atomic E-state index is 3.75. The number of H-pyrrole nitrogens is 1. The largest absolute Gasteiger partial charge is 0.257 e. The lowest BCUT2D eigenvalue weighted by Crippen LogP contribution is -2.41. The molecule has 0 radical (unpaired) electrons. The lowest BCUT2D eigenvalue weighted by atomic mass is 9.92. The molecule has 1 aromatic heterocycles. The van der Waals surface area contributed by atoms with Crippen LogP contribution in [0.4, 0.5) is 0 Å². The molecule has 2 nitrogen and oxygen atoms in total. The number of nitrogens with zero attached hydrogens (tertiary/aromatic N) is 1. The Morgan fingerprint density at radius 1 is 0.432 bits per heavy atom. The quantitative estimate of drug-likeness (QED) is 0.0579. The molecule has 0 aromatic carbocycles. The van der Waals surface area contributed by atoms with Crippen molar-refractivity contribution in [3.05, 3.63) is 18.2 Å². The molecule has 44 heavy (non-hydrogen) atoms. The van der Waals surface area contributed by atoms with Crippen molar-refractivity contribution in [2.45, 2.75) is 252 Å². The van der Waals surface area contributed by atoms with Crippen LogP contribution in [0.2, 0.25) is 0 Å². The molecular formula is C42H83N2+. The van der Waals surface area contributed by atoms with Crippen LogP contribution in [-0.2, 0) is 0 Å². The van der Waals surface area contributed by atoms with E-state index in [1.165, 1.54) is 218 Å². The lowest BCUT2D eigenvalue weighted by Gasteiger charge is -2.17. The SMILES string of the molecule is CCCCCCCCCCCCCCCCCC(CCCCCCCC)c1[nH]cc[n+]1C(C)CCCCCCCCCCC. The minimum Gasteiger partial charge on any atom is -0.247 e. The first kappa shape index (κ1) is 41.2. The first-order chi connectivity index (χ1) is 21.7. The standard InChI is InChI=1S/C42H82N2/c1-5-8-11-14-17-19-20-21-22-23-24-26-28-31-34-37-41(36-33-30-16-13-10-7-3)42-43-38-39-44(42)40(4)35-32-29-27-25-18-15-12-9-6-2/h38-41H,5-37H2,1-4H3/p+1. The second-order valence-electron chi connectivity index (χ2n) is 14.7. The van der Waals surface area contributed by atoms with Crippen LogP contribution >= 0.6 is 0 Å². The van der Waals surface area contributed by atoms with E-state index in [0.717, 1.165) is 0 Å². The van der Waals surface area contributed by atoms with Crippen LogP contribution < -0.4 is 4.57 Å². The Morgan fingerprint density at radius 2 is 0.727 bits per heavy atom. The van der Waals surface area contributed by atoms with Crippen LogP contribution in [0.25, 0.3) is 0 Å². The third kappa shape index (κ3) is 23.5. The van der Waals surface area contributed by atoms with Gasteiger partial charge in [-0.2, -0.15) is 0 Å². The number of nitrogens with one attached hydrogen (secondary N) is 1. The van der Waals surface area contributed by atoms with Gasteiger partial charge in [-0.15, -0.1) is 0 Å². The van der Waals surface area contributed by atoms with E-state index in [9.17, 15) is 0 Å². The summed E-state index contributed by atoms with van der Waals surface area (Å²) in [6.07, 6.45) is 51.7. The highest BCUT2D eigenvalue weighted by Crippen LogP contribution is 2.27. The summed E-state index contributed by atoms with van der Waals surface area (Å²) in [4.78, 5) is 3.75. The van der Waals surface area contributed by atoms with Crippen LogP contribution in [0.3, 0.4) is 0 Å². The Balaban J connectivity index is 2.33. The number of unbranched alkanes of at least 4 members (excludes halogenated alkanes) is 27. The molecule has 0 saturated carbocycles. The lowest BCUT2D eigenvalue weighted by molar-refractivity contribution is -0.727. The molecule has 0 aliphatic rings. The molecule has 1 rings (SSSR count). The fourth-order valence-corrected chi connectivity index (χ4v) is 7.31. The Bertz CT molecular complexity index is 679. The zero-order chi connectivity index (χ0) is 31.8. The fraction of sp³-hybridized carbons (Fsp3) is 0.929. The minimum atomic E-state index is 0.619. The van der Waals surface area contributed by atoms with Gasteiger partial charge < -0.3 is 0 Å². The fourth-order valence-electron chi connectivity index (χ4n) is 7.31. The Kier molecular flexibility index (Phi) is 30.1. The summed E-state index contributed by atoms with van der Waals surface area (Å²) < 4.78 is 2.64. The molecule has 0 fully saturated rings. The summed E-state index contributed by atoms with van der Waals surface area (Å²) in [5, 5.41) is 0. The third-order valence-corrected chi connectivity index (χ3v) is 10.4. The number of hydrogen-bond acceptors (Lipinski definition) is 0. The highest BCUT2D eigenvalue weighted by atomic mass is 15.1. The van der Waals surface area contributed by atoms with Crippen molar-refractivity contribution in [2.75, 3.05) is 0 Å². The minimum absolute atomic E-state index is 0.619. The van der Waals surface area contributed by atoms with Gasteiger partial charge in [-0.1, -0.05) is 207 Å². The van der Waals surface area contributed by atoms with Gasteiger partial charge >= 0.3 is 0 Å². The molecule has 1 heterocycles. The average Bonchev–Trinajstić information content (AvgIpc) is 3.53. The van der Waals surface area contributed by atoms with Crippen molar-refractivity contribution in [2.24, 2.45) is 0 Å². The predicted molar refractivity (Wildman–Crippen MR) is 198 cm³/mol. The maximum Gasteiger partial charge on any atom is 0.257 e. The first-order valence-electron chi connectivity index (χ1n) is 20.8. The van der Waals surface area contributed by atoms with Gasteiger partial charge in [-0.05, 0) is 32.6 Å². The maximum absolute atomic E-state index is 3.75. The Hall–Kier alpha value is -0.790. The average molecular weight is 616 g/mol. The van der Waals surface area contributed by atoms with Crippen LogP contribution in [-0.4, -0.2) is 4.98 Å². The van der Waals surface area contributed by atoms with E-state index in [0.29, 0.717) is 12.0 Å². The second kappa shape index (κ2) is 32.2. The summed E-state index contributed by atoms with van der Waals surface area (Å²) in [7, 11) is 0. The van der Waals surface area contributed by atoms with Gasteiger partial charge in [0.2, 0.25) is 0 Å². The van der Waals surface area contributed by atoms with Crippen molar-refractivity contribution >= 4 is 0 Å². The van der Waals surface area contributed by atoms with Gasteiger partial charge in [0, 0.05) is 0 Å². The second-order valence-corrected chi connectivity index (χ2v) is 14.7. The summed E-state index contributed by atoms with van der Waals surface area (Å²) >= 11 is 0. The van der Waals surface area contributed by atoms with Gasteiger partial charge in [0.1, 0.15) is 12.4 Å². The van der Waals surface area contributed by atoms with E-state index < -0.39 is 0 Å². The normalized spacial score (nSPS) is 13.1. The Labute approximate surface area is 278 Å². The van der Waals surface area contributed by atoms with E-state index in [1.807, 2.05) is 0 Å². The first-order valence-corrected chi connectivity index (χ1v) is 20.8. The number of aromatic amines is 1. The van der Waals surface area contributed by atoms with Gasteiger partial charge in [0.25, 0.3) is 5.82 Å². The number of imidazole rings is 1. The van der Waals surface area contributed by atoms with Gasteiger partial charge in [0.05, 0.1) is 12.0 Å². The van der Waals surface area contributed by atoms with Crippen LogP contribution in [0.15, 0.2) is 12.4 Å². The van der Waals surface area contributed by atoms with Crippen molar-refractivity contribution < 1.29 is 4.57 Å². The molecule has 0 spiro atoms. The van der Waals surface area contributed by atoms with Crippen molar-refractivity contribution in [1.82, 2.24) is 4.98 Å². The van der Waals surface area contributed by atoms with Crippen LogP contribution in [0, 0.1) is 0 Å². The van der Waals surface area contributed by atoms with Crippen LogP contribution in [0.1, 0.15) is 257 Å². The van der Waals surface area contributed by atoms with E-state index >= 15 is 0 Å². The van der Waals surface area contributed by atoms with Gasteiger partial charge in [0.15, 0.2) is 0 Å². The highest BCUT2D eigenvalue weighted by Gasteiger charge is 2.25. The van der Waals surface area contributed by atoms with E-state index in [2.05, 4.69) is 49.6 Å². The molecule has 2 atom stereocenters. The van der Waals surface area contributed by atoms with Gasteiger partial charge in [-0.25, -0.2) is 9.55 Å². The monoisotopic (exact) mass is 616 g/mol. The summed E-state index contributed by atoms with van der Waals surface area (Å²) in [6, 6.07) is 0.619. The molecule has 0 bridgehead atoms. The zero-order valence-electron chi connectivity index (χ0n) is 31.1. The highest BCUT2D eigenvalue weighted by molar-refractivity contribution is 4.90. The summed E-state index contributed by atoms with van der Waals surface area (Å²) in [5.74, 6) is 2.25. The van der Waals surface area contributed by atoms with E-state index in [1.54, 1.807) is 0 Å². The molecule has 0 amide bonds. The molecule has 2 heteroatoms. The van der Waals surface area contributed by atoms with Crippen LogP contribution in [0.5, 0.6) is 0 Å². The zero-order valence-corrected chi connectivity index (χ0v) is 31.1. The molecule has 0 aliphatic carbocycles. The number of hydrogen-bond donors (Lipinski definition) is 1. The predicted octanol–water partition coefficient (Wildman–Crippen LogP) is 14.9. The summed E-state index contributed by atoms with van der Waals surface area (Å²) in [6.45, 7) is 9.42. The molecule has 2 unspecified atom stereocenters. The van der Waals surface area contributed by atoms with E-state index in [4.69, 9.17) is 0 Å². The molecule has 260 valence electrons. The van der Waals surface area contributed by atoms with Crippen molar-refractivity contribution in [1.29, 1.82) is 0 Å². The molecule has 0 saturated heterocycles. The molecule has 1 aromatic rings. The smallest absolute Gasteiger partial charge is 0.247 e. The van der Waals surface area contributed by atoms with Crippen molar-refractivity contribution in [3.8, 4) is 0 Å². The van der Waals surface area contributed by atoms with Crippen molar-refractivity contribution in [3.63, 3.8) is 0 Å². The van der Waals surface area contributed by atoms with E-state index in [-0.39, 0.29) is 0 Å². The Morgan fingerprint density at radius 3 is 1.07 bits per heavy atom. The molecular weight excluding hydrogens is 532 g/mol. The number of rotatable bonds is 35. The molecule has 1 N–H and O–H groups in total. The molecule has 0 aliphatic heterocycles. The third-order valence-electron chi connectivity index (χ3n) is 10.4.